The predicted octanol–water partition coefficient (Wildman–Crippen LogP) is 9.20. The molecule has 246 valence electrons. The van der Waals surface area contributed by atoms with Crippen LogP contribution in [-0.4, -0.2) is 59.1 Å². The number of nitrogens with zero attached hydrogens (tertiary/aromatic N) is 1. The highest BCUT2D eigenvalue weighted by molar-refractivity contribution is 5.41. The molecule has 1 aromatic carbocycles. The molecule has 0 aromatic heterocycles. The molecular formula is C34H51F6NO2. The third-order valence-corrected chi connectivity index (χ3v) is 11.5. The van der Waals surface area contributed by atoms with E-state index in [1.807, 2.05) is 19.1 Å². The van der Waals surface area contributed by atoms with Crippen molar-refractivity contribution in [3.05, 3.63) is 29.3 Å². The van der Waals surface area contributed by atoms with Crippen LogP contribution in [0.2, 0.25) is 0 Å². The minimum Gasteiger partial charge on any atom is -0.508 e. The number of fused-ring (bicyclic) bond motifs is 5. The molecule has 0 aliphatic heterocycles. The van der Waals surface area contributed by atoms with Crippen molar-refractivity contribution in [1.29, 1.82) is 0 Å². The predicted molar refractivity (Wildman–Crippen MR) is 157 cm³/mol. The minimum atomic E-state index is -5.46. The van der Waals surface area contributed by atoms with Crippen LogP contribution in [0.25, 0.3) is 0 Å². The maximum atomic E-state index is 16.1. The molecule has 0 radical (unpaired) electrons. The van der Waals surface area contributed by atoms with Crippen LogP contribution >= 0.6 is 0 Å². The summed E-state index contributed by atoms with van der Waals surface area (Å²) in [5.41, 5.74) is 0.813. The van der Waals surface area contributed by atoms with Gasteiger partial charge in [0, 0.05) is 17.8 Å². The Balaban J connectivity index is 1.21. The lowest BCUT2D eigenvalue weighted by molar-refractivity contribution is -0.284. The molecule has 1 unspecified atom stereocenters. The Morgan fingerprint density at radius 2 is 1.56 bits per heavy atom. The lowest BCUT2D eigenvalue weighted by atomic mass is 9.50. The minimum absolute atomic E-state index is 0.122. The summed E-state index contributed by atoms with van der Waals surface area (Å²) in [6, 6.07) is 5.41. The van der Waals surface area contributed by atoms with E-state index < -0.39 is 35.7 Å². The Morgan fingerprint density at radius 1 is 0.930 bits per heavy atom. The van der Waals surface area contributed by atoms with Gasteiger partial charge in [-0.1, -0.05) is 45.1 Å². The maximum Gasteiger partial charge on any atom is 0.453 e. The van der Waals surface area contributed by atoms with Crippen molar-refractivity contribution >= 4 is 0 Å². The van der Waals surface area contributed by atoms with Gasteiger partial charge in [0.05, 0.1) is 5.60 Å². The van der Waals surface area contributed by atoms with Gasteiger partial charge >= 0.3 is 12.1 Å². The summed E-state index contributed by atoms with van der Waals surface area (Å²) in [5.74, 6) is -3.79. The van der Waals surface area contributed by atoms with Crippen molar-refractivity contribution in [3.8, 4) is 5.75 Å². The molecule has 4 rings (SSSR count). The van der Waals surface area contributed by atoms with Gasteiger partial charge in [0.2, 0.25) is 0 Å². The van der Waals surface area contributed by atoms with Gasteiger partial charge in [-0.2, -0.15) is 22.0 Å². The van der Waals surface area contributed by atoms with Crippen molar-refractivity contribution in [2.24, 2.45) is 23.2 Å². The van der Waals surface area contributed by atoms with E-state index in [2.05, 4.69) is 18.9 Å². The van der Waals surface area contributed by atoms with Crippen LogP contribution in [0.1, 0.15) is 114 Å². The molecule has 2 saturated carbocycles. The number of benzene rings is 1. The first-order valence-corrected chi connectivity index (χ1v) is 16.4. The zero-order chi connectivity index (χ0) is 31.6. The van der Waals surface area contributed by atoms with Gasteiger partial charge in [-0.3, -0.25) is 0 Å². The highest BCUT2D eigenvalue weighted by atomic mass is 19.4. The summed E-state index contributed by atoms with van der Waals surface area (Å²) in [6.45, 7) is 5.78. The standard InChI is InChI=1S/C34H51F6NO2/c1-31-22-28(35)30-26-14-13-25(42)21-24(26)20-23(29(30)27(31)15-17-32(31,2)43)12-8-7-11-19-41(3)18-10-6-4-5-9-16-33(36,37)34(38,39)40/h13-14,21,23,27-30,42-43H,4-12,15-20,22H2,1-3H3/t23-,27+,28+,29+,30?,31+,32+/m1/s1. The summed E-state index contributed by atoms with van der Waals surface area (Å²) in [4.78, 5) is 2.24. The number of unbranched alkanes of at least 4 members (excludes halogenated alkanes) is 6. The van der Waals surface area contributed by atoms with E-state index >= 15 is 4.39 Å². The first kappa shape index (κ1) is 34.4. The molecular weight excluding hydrogens is 568 g/mol. The van der Waals surface area contributed by atoms with Crippen LogP contribution in [0.15, 0.2) is 18.2 Å². The molecule has 0 saturated heterocycles. The number of aliphatic hydroxyl groups is 1. The van der Waals surface area contributed by atoms with Crippen LogP contribution in [0.5, 0.6) is 5.75 Å². The number of halogens is 6. The lowest BCUT2D eigenvalue weighted by Gasteiger charge is -2.56. The van der Waals surface area contributed by atoms with Gasteiger partial charge in [-0.15, -0.1) is 0 Å². The van der Waals surface area contributed by atoms with Crippen molar-refractivity contribution in [1.82, 2.24) is 4.90 Å². The molecule has 0 bridgehead atoms. The van der Waals surface area contributed by atoms with E-state index in [-0.39, 0.29) is 29.9 Å². The molecule has 9 heteroatoms. The molecule has 43 heavy (non-hydrogen) atoms. The van der Waals surface area contributed by atoms with Crippen molar-refractivity contribution in [3.63, 3.8) is 0 Å². The normalized spacial score (nSPS) is 32.5. The second-order valence-corrected chi connectivity index (χ2v) is 14.4. The number of alkyl halides is 6. The van der Waals surface area contributed by atoms with E-state index in [1.54, 1.807) is 6.07 Å². The van der Waals surface area contributed by atoms with E-state index in [0.29, 0.717) is 31.6 Å². The van der Waals surface area contributed by atoms with E-state index in [0.717, 1.165) is 75.6 Å². The molecule has 0 spiro atoms. The fourth-order valence-corrected chi connectivity index (χ4v) is 8.76. The zero-order valence-corrected chi connectivity index (χ0v) is 26.0. The van der Waals surface area contributed by atoms with Crippen LogP contribution in [0.3, 0.4) is 0 Å². The summed E-state index contributed by atoms with van der Waals surface area (Å²) in [7, 11) is 2.05. The quantitative estimate of drug-likeness (QED) is 0.161. The van der Waals surface area contributed by atoms with Crippen LogP contribution in [0, 0.1) is 23.2 Å². The van der Waals surface area contributed by atoms with Gasteiger partial charge in [0.1, 0.15) is 11.9 Å². The molecule has 2 fully saturated rings. The van der Waals surface area contributed by atoms with Crippen molar-refractivity contribution in [2.75, 3.05) is 20.1 Å². The third kappa shape index (κ3) is 7.50. The summed E-state index contributed by atoms with van der Waals surface area (Å²) in [6.07, 6.45) is 1.95. The van der Waals surface area contributed by atoms with Gasteiger partial charge in [0.25, 0.3) is 0 Å². The number of phenols is 1. The SMILES string of the molecule is CN(CCCCCCCC(F)(F)C(F)(F)F)CCCCC[C@@H]1Cc2cc(O)ccc2C2[C@@H]1[C@@H]1CC[C@](C)(O)[C@@]1(C)C[C@@H]2F. The first-order chi connectivity index (χ1) is 20.1. The number of hydrogen-bond donors (Lipinski definition) is 2. The maximum absolute atomic E-state index is 16.1. The fourth-order valence-electron chi connectivity index (χ4n) is 8.76. The smallest absolute Gasteiger partial charge is 0.453 e. The molecule has 3 aliphatic rings. The molecule has 3 aliphatic carbocycles. The number of phenolic OH excluding ortho intramolecular Hbond substituents is 1. The topological polar surface area (TPSA) is 43.7 Å². The van der Waals surface area contributed by atoms with E-state index in [4.69, 9.17) is 0 Å². The van der Waals surface area contributed by atoms with Crippen LogP contribution in [0.4, 0.5) is 26.3 Å². The summed E-state index contributed by atoms with van der Waals surface area (Å²) >= 11 is 0. The molecule has 1 aromatic rings. The molecule has 0 amide bonds. The first-order valence-electron chi connectivity index (χ1n) is 16.4. The van der Waals surface area contributed by atoms with Crippen molar-refractivity contribution < 1.29 is 36.6 Å². The van der Waals surface area contributed by atoms with E-state index in [9.17, 15) is 32.2 Å². The van der Waals surface area contributed by atoms with Gasteiger partial charge in [-0.25, -0.2) is 4.39 Å². The molecule has 7 atom stereocenters. The molecule has 0 heterocycles. The highest BCUT2D eigenvalue weighted by Crippen LogP contribution is 2.66. The largest absolute Gasteiger partial charge is 0.508 e. The van der Waals surface area contributed by atoms with Gasteiger partial charge < -0.3 is 15.1 Å². The van der Waals surface area contributed by atoms with Gasteiger partial charge in [0.15, 0.2) is 0 Å². The Labute approximate surface area is 253 Å². The third-order valence-electron chi connectivity index (χ3n) is 11.5. The monoisotopic (exact) mass is 619 g/mol. The fraction of sp³-hybridized carbons (Fsp3) is 0.824. The zero-order valence-electron chi connectivity index (χ0n) is 26.0. The number of rotatable bonds is 14. The second kappa shape index (κ2) is 13.5. The van der Waals surface area contributed by atoms with Crippen LogP contribution in [-0.2, 0) is 6.42 Å². The average Bonchev–Trinajstić information content (AvgIpc) is 3.14. The molecule has 2 N–H and O–H groups in total. The average molecular weight is 620 g/mol. The lowest BCUT2D eigenvalue weighted by Crippen LogP contribution is -2.54. The van der Waals surface area contributed by atoms with Crippen molar-refractivity contribution in [2.45, 2.75) is 134 Å². The van der Waals surface area contributed by atoms with Gasteiger partial charge in [-0.05, 0) is 119 Å². The second-order valence-electron chi connectivity index (χ2n) is 14.4. The Hall–Kier alpha value is -1.48. The molecule has 3 nitrogen and oxygen atoms in total. The summed E-state index contributed by atoms with van der Waals surface area (Å²) in [5, 5.41) is 21.4. The Bertz CT molecular complexity index is 1060. The van der Waals surface area contributed by atoms with E-state index in [1.165, 1.54) is 0 Å². The Kier molecular flexibility index (Phi) is 10.8. The van der Waals surface area contributed by atoms with Crippen LogP contribution < -0.4 is 0 Å². The number of aromatic hydroxyl groups is 1. The summed E-state index contributed by atoms with van der Waals surface area (Å²) < 4.78 is 78.8. The highest BCUT2D eigenvalue weighted by Gasteiger charge is 2.63. The number of hydrogen-bond acceptors (Lipinski definition) is 3. The Morgan fingerprint density at radius 3 is 2.23 bits per heavy atom.